The molecule has 18 heavy (non-hydrogen) atoms. The van der Waals surface area contributed by atoms with Crippen LogP contribution in [0.3, 0.4) is 0 Å². The van der Waals surface area contributed by atoms with Gasteiger partial charge in [-0.15, -0.1) is 11.8 Å². The summed E-state index contributed by atoms with van der Waals surface area (Å²) >= 11 is 1.62. The zero-order valence-corrected chi connectivity index (χ0v) is 10.3. The molecule has 3 rings (SSSR count). The Hall–Kier alpha value is -1.69. The largest absolute Gasteiger partial charge is 0.481 e. The average molecular weight is 265 g/mol. The third-order valence-corrected chi connectivity index (χ3v) is 4.31. The number of hydrogen-bond donors (Lipinski definition) is 2. The van der Waals surface area contributed by atoms with Gasteiger partial charge in [-0.1, -0.05) is 0 Å². The molecule has 0 fully saturated rings. The highest BCUT2D eigenvalue weighted by Crippen LogP contribution is 2.35. The Balaban J connectivity index is 2.18. The summed E-state index contributed by atoms with van der Waals surface area (Å²) in [5, 5.41) is 9.16. The summed E-state index contributed by atoms with van der Waals surface area (Å²) in [7, 11) is 0. The lowest BCUT2D eigenvalue weighted by molar-refractivity contribution is -0.141. The van der Waals surface area contributed by atoms with Crippen LogP contribution in [-0.2, 0) is 11.2 Å². The number of oxazole rings is 1. The lowest BCUT2D eigenvalue weighted by Gasteiger charge is -2.08. The zero-order chi connectivity index (χ0) is 12.7. The van der Waals surface area contributed by atoms with E-state index in [4.69, 9.17) is 9.52 Å². The molecule has 2 heterocycles. The molecule has 1 aliphatic heterocycles. The summed E-state index contributed by atoms with van der Waals surface area (Å²) in [6.45, 7) is 0. The number of rotatable bonds is 1. The number of aliphatic carboxylic acids is 1. The van der Waals surface area contributed by atoms with Gasteiger partial charge in [0.15, 0.2) is 5.58 Å². The molecule has 94 valence electrons. The summed E-state index contributed by atoms with van der Waals surface area (Å²) in [5.74, 6) is -0.938. The van der Waals surface area contributed by atoms with E-state index in [1.165, 1.54) is 0 Å². The standard InChI is InChI=1S/C12H11NO4S/c14-11(15)6-3-4-18-9-2-1-8-10(7(9)5-6)17-12(16)13-8/h1-2,6H,3-5H2,(H,13,16)(H,14,15). The van der Waals surface area contributed by atoms with Gasteiger partial charge < -0.3 is 9.52 Å². The predicted octanol–water partition coefficient (Wildman–Crippen LogP) is 1.86. The molecule has 0 saturated heterocycles. The van der Waals surface area contributed by atoms with Crippen LogP contribution in [0.2, 0.25) is 0 Å². The number of benzene rings is 1. The number of fused-ring (bicyclic) bond motifs is 3. The molecule has 0 spiro atoms. The fourth-order valence-electron chi connectivity index (χ4n) is 2.25. The molecular weight excluding hydrogens is 254 g/mol. The lowest BCUT2D eigenvalue weighted by atomic mass is 9.96. The highest BCUT2D eigenvalue weighted by atomic mass is 32.2. The van der Waals surface area contributed by atoms with Crippen LogP contribution in [0, 0.1) is 5.92 Å². The van der Waals surface area contributed by atoms with Gasteiger partial charge in [0.25, 0.3) is 0 Å². The Bertz CT molecular complexity index is 672. The van der Waals surface area contributed by atoms with E-state index in [0.717, 1.165) is 16.2 Å². The normalized spacial score (nSPS) is 19.4. The Labute approximate surface area is 106 Å². The molecule has 1 atom stereocenters. The lowest BCUT2D eigenvalue weighted by Crippen LogP contribution is -2.16. The maximum absolute atomic E-state index is 11.2. The Morgan fingerprint density at radius 1 is 1.50 bits per heavy atom. The molecule has 0 radical (unpaired) electrons. The van der Waals surface area contributed by atoms with Gasteiger partial charge in [-0.2, -0.15) is 0 Å². The van der Waals surface area contributed by atoms with Crippen LogP contribution in [0.1, 0.15) is 12.0 Å². The van der Waals surface area contributed by atoms with E-state index in [0.29, 0.717) is 23.9 Å². The summed E-state index contributed by atoms with van der Waals surface area (Å²) in [5.41, 5.74) is 1.96. The van der Waals surface area contributed by atoms with Crippen molar-refractivity contribution >= 4 is 28.8 Å². The molecule has 1 aliphatic rings. The zero-order valence-electron chi connectivity index (χ0n) is 9.43. The van der Waals surface area contributed by atoms with Gasteiger partial charge in [0.05, 0.1) is 11.4 Å². The van der Waals surface area contributed by atoms with Crippen LogP contribution in [0.25, 0.3) is 11.1 Å². The van der Waals surface area contributed by atoms with Crippen molar-refractivity contribution in [1.29, 1.82) is 0 Å². The van der Waals surface area contributed by atoms with Crippen LogP contribution in [0.15, 0.2) is 26.2 Å². The number of carboxylic acids is 1. The number of carbonyl (C=O) groups is 1. The van der Waals surface area contributed by atoms with Crippen molar-refractivity contribution in [2.75, 3.05) is 5.75 Å². The first kappa shape index (κ1) is 11.4. The van der Waals surface area contributed by atoms with E-state index in [2.05, 4.69) is 4.98 Å². The van der Waals surface area contributed by atoms with Crippen LogP contribution in [0.5, 0.6) is 0 Å². The number of thioether (sulfide) groups is 1. The number of H-pyrrole nitrogens is 1. The second-order valence-electron chi connectivity index (χ2n) is 4.31. The summed E-state index contributed by atoms with van der Waals surface area (Å²) < 4.78 is 5.13. The van der Waals surface area contributed by atoms with E-state index in [-0.39, 0.29) is 0 Å². The van der Waals surface area contributed by atoms with E-state index < -0.39 is 17.6 Å². The van der Waals surface area contributed by atoms with E-state index >= 15 is 0 Å². The van der Waals surface area contributed by atoms with Crippen LogP contribution in [-0.4, -0.2) is 21.8 Å². The summed E-state index contributed by atoms with van der Waals surface area (Å²) in [4.78, 5) is 26.0. The molecule has 1 aromatic heterocycles. The monoisotopic (exact) mass is 265 g/mol. The van der Waals surface area contributed by atoms with Gasteiger partial charge in [0.1, 0.15) is 0 Å². The first-order valence-electron chi connectivity index (χ1n) is 5.65. The van der Waals surface area contributed by atoms with Crippen molar-refractivity contribution in [3.05, 3.63) is 28.2 Å². The van der Waals surface area contributed by atoms with Gasteiger partial charge in [0, 0.05) is 10.5 Å². The Morgan fingerprint density at radius 2 is 2.33 bits per heavy atom. The van der Waals surface area contributed by atoms with Crippen molar-refractivity contribution < 1.29 is 14.3 Å². The van der Waals surface area contributed by atoms with Crippen molar-refractivity contribution in [3.8, 4) is 0 Å². The van der Waals surface area contributed by atoms with Crippen molar-refractivity contribution in [1.82, 2.24) is 4.98 Å². The van der Waals surface area contributed by atoms with E-state index in [1.807, 2.05) is 6.07 Å². The summed E-state index contributed by atoms with van der Waals surface area (Å²) in [6.07, 6.45) is 1.04. The van der Waals surface area contributed by atoms with Gasteiger partial charge in [-0.05, 0) is 30.7 Å². The quantitative estimate of drug-likeness (QED) is 0.822. The number of aromatic amines is 1. The fraction of sp³-hybridized carbons (Fsp3) is 0.333. The predicted molar refractivity (Wildman–Crippen MR) is 67.0 cm³/mol. The highest BCUT2D eigenvalue weighted by Gasteiger charge is 2.25. The van der Waals surface area contributed by atoms with Crippen LogP contribution < -0.4 is 5.76 Å². The molecule has 0 amide bonds. The molecule has 0 saturated carbocycles. The minimum atomic E-state index is -0.793. The van der Waals surface area contributed by atoms with Crippen LogP contribution in [0.4, 0.5) is 0 Å². The minimum Gasteiger partial charge on any atom is -0.481 e. The molecule has 6 heteroatoms. The third-order valence-electron chi connectivity index (χ3n) is 3.17. The van der Waals surface area contributed by atoms with Gasteiger partial charge in [-0.3, -0.25) is 9.78 Å². The second-order valence-corrected chi connectivity index (χ2v) is 5.45. The third kappa shape index (κ3) is 1.82. The van der Waals surface area contributed by atoms with E-state index in [9.17, 15) is 9.59 Å². The molecule has 2 aromatic rings. The first-order chi connectivity index (χ1) is 8.65. The average Bonchev–Trinajstić information content (AvgIpc) is 2.58. The number of nitrogens with one attached hydrogen (secondary N) is 1. The Morgan fingerprint density at radius 3 is 3.11 bits per heavy atom. The molecule has 0 bridgehead atoms. The van der Waals surface area contributed by atoms with Crippen molar-refractivity contribution in [3.63, 3.8) is 0 Å². The maximum atomic E-state index is 11.2. The SMILES string of the molecule is O=C(O)C1CCSc2ccc3[nH]c(=O)oc3c2C1. The first-order valence-corrected chi connectivity index (χ1v) is 6.64. The van der Waals surface area contributed by atoms with Crippen molar-refractivity contribution in [2.24, 2.45) is 5.92 Å². The van der Waals surface area contributed by atoms with Gasteiger partial charge >= 0.3 is 11.7 Å². The molecule has 1 unspecified atom stereocenters. The Kier molecular flexibility index (Phi) is 2.66. The summed E-state index contributed by atoms with van der Waals surface area (Å²) in [6, 6.07) is 3.71. The molecule has 1 aromatic carbocycles. The molecule has 2 N–H and O–H groups in total. The molecule has 0 aliphatic carbocycles. The van der Waals surface area contributed by atoms with Gasteiger partial charge in [-0.25, -0.2) is 4.79 Å². The highest BCUT2D eigenvalue weighted by molar-refractivity contribution is 7.99. The number of hydrogen-bond acceptors (Lipinski definition) is 4. The van der Waals surface area contributed by atoms with Crippen molar-refractivity contribution in [2.45, 2.75) is 17.7 Å². The minimum absolute atomic E-state index is 0.412. The molecular formula is C12H11NO4S. The maximum Gasteiger partial charge on any atom is 0.417 e. The van der Waals surface area contributed by atoms with E-state index in [1.54, 1.807) is 17.8 Å². The number of aromatic nitrogens is 1. The smallest absolute Gasteiger partial charge is 0.417 e. The fourth-order valence-corrected chi connectivity index (χ4v) is 3.39. The van der Waals surface area contributed by atoms with Gasteiger partial charge in [0.2, 0.25) is 0 Å². The van der Waals surface area contributed by atoms with Crippen LogP contribution >= 0.6 is 11.8 Å². The molecule has 5 nitrogen and oxygen atoms in total. The second kappa shape index (κ2) is 4.20. The topological polar surface area (TPSA) is 83.3 Å². The number of carboxylic acid groups (broad SMARTS) is 1.